The molecule has 2 aromatic heterocycles. The molecule has 0 spiro atoms. The van der Waals surface area contributed by atoms with Crippen molar-refractivity contribution in [1.82, 2.24) is 20.0 Å². The number of rotatable bonds is 4. The Labute approximate surface area is 168 Å². The van der Waals surface area contributed by atoms with Gasteiger partial charge < -0.3 is 11.1 Å². The number of anilines is 2. The molecular weight excluding hydrogens is 397 g/mol. The third-order valence-corrected chi connectivity index (χ3v) is 4.69. The standard InChI is InChI=1S/C20H17F3N6O/c1-11-2-4-14(7-16(11)20(21,22)23)26-18(30)10-29-9-13(8-25-29)12-3-5-15-17(6-12)27-28-19(15)24/h2-9H,10H2,1H3,(H,26,30)(H3,24,27,28). The van der Waals surface area contributed by atoms with Gasteiger partial charge in [-0.2, -0.15) is 23.4 Å². The Morgan fingerprint density at radius 3 is 2.77 bits per heavy atom. The van der Waals surface area contributed by atoms with Gasteiger partial charge in [0, 0.05) is 22.8 Å². The molecule has 154 valence electrons. The van der Waals surface area contributed by atoms with Crippen LogP contribution in [-0.2, 0) is 17.5 Å². The SMILES string of the molecule is Cc1ccc(NC(=O)Cn2cc(-c3ccc4c(N)n[nH]c4c3)cn2)cc1C(F)(F)F. The number of carbonyl (C=O) groups is 1. The molecule has 10 heteroatoms. The fraction of sp³-hybridized carbons (Fsp3) is 0.150. The lowest BCUT2D eigenvalue weighted by Crippen LogP contribution is -2.19. The molecule has 0 unspecified atom stereocenters. The van der Waals surface area contributed by atoms with Gasteiger partial charge in [-0.3, -0.25) is 14.6 Å². The predicted octanol–water partition coefficient (Wildman–Crippen LogP) is 3.97. The van der Waals surface area contributed by atoms with E-state index in [4.69, 9.17) is 5.73 Å². The third-order valence-electron chi connectivity index (χ3n) is 4.69. The summed E-state index contributed by atoms with van der Waals surface area (Å²) in [6.07, 6.45) is -1.21. The van der Waals surface area contributed by atoms with E-state index in [9.17, 15) is 18.0 Å². The monoisotopic (exact) mass is 414 g/mol. The van der Waals surface area contributed by atoms with Crippen molar-refractivity contribution in [3.63, 3.8) is 0 Å². The number of hydrogen-bond acceptors (Lipinski definition) is 4. The molecule has 2 heterocycles. The van der Waals surface area contributed by atoms with E-state index in [2.05, 4.69) is 20.6 Å². The lowest BCUT2D eigenvalue weighted by molar-refractivity contribution is -0.138. The van der Waals surface area contributed by atoms with E-state index in [1.54, 1.807) is 12.4 Å². The first-order valence-corrected chi connectivity index (χ1v) is 8.95. The summed E-state index contributed by atoms with van der Waals surface area (Å²) in [5.41, 5.74) is 7.55. The van der Waals surface area contributed by atoms with Crippen LogP contribution >= 0.6 is 0 Å². The summed E-state index contributed by atoms with van der Waals surface area (Å²) in [5, 5.41) is 14.2. The zero-order chi connectivity index (χ0) is 21.5. The van der Waals surface area contributed by atoms with E-state index in [1.165, 1.54) is 23.7 Å². The zero-order valence-corrected chi connectivity index (χ0v) is 15.8. The zero-order valence-electron chi connectivity index (χ0n) is 15.8. The highest BCUT2D eigenvalue weighted by molar-refractivity contribution is 5.92. The van der Waals surface area contributed by atoms with Gasteiger partial charge in [0.05, 0.1) is 17.3 Å². The molecule has 0 bridgehead atoms. The van der Waals surface area contributed by atoms with Crippen molar-refractivity contribution in [2.24, 2.45) is 0 Å². The number of H-pyrrole nitrogens is 1. The molecule has 30 heavy (non-hydrogen) atoms. The quantitative estimate of drug-likeness (QED) is 0.470. The highest BCUT2D eigenvalue weighted by atomic mass is 19.4. The first-order valence-electron chi connectivity index (χ1n) is 8.95. The summed E-state index contributed by atoms with van der Waals surface area (Å²) >= 11 is 0. The van der Waals surface area contributed by atoms with Gasteiger partial charge in [-0.05, 0) is 42.3 Å². The third kappa shape index (κ3) is 3.84. The highest BCUT2D eigenvalue weighted by Gasteiger charge is 2.32. The molecule has 0 radical (unpaired) electrons. The molecule has 2 aromatic carbocycles. The number of nitrogens with zero attached hydrogens (tertiary/aromatic N) is 3. The topological polar surface area (TPSA) is 102 Å². The number of amides is 1. The Morgan fingerprint density at radius 1 is 1.20 bits per heavy atom. The van der Waals surface area contributed by atoms with Crippen molar-refractivity contribution in [2.45, 2.75) is 19.6 Å². The van der Waals surface area contributed by atoms with Crippen LogP contribution in [0.25, 0.3) is 22.0 Å². The maximum absolute atomic E-state index is 13.0. The molecule has 0 saturated heterocycles. The van der Waals surface area contributed by atoms with Crippen LogP contribution in [-0.4, -0.2) is 25.9 Å². The largest absolute Gasteiger partial charge is 0.416 e. The van der Waals surface area contributed by atoms with Gasteiger partial charge in [0.2, 0.25) is 5.91 Å². The Balaban J connectivity index is 1.47. The number of nitrogens with two attached hydrogens (primary N) is 1. The molecular formula is C20H17F3N6O. The molecule has 4 rings (SSSR count). The normalized spacial score (nSPS) is 11.7. The van der Waals surface area contributed by atoms with Crippen LogP contribution in [0.15, 0.2) is 48.8 Å². The van der Waals surface area contributed by atoms with Crippen LogP contribution in [0.5, 0.6) is 0 Å². The van der Waals surface area contributed by atoms with Crippen LogP contribution in [0, 0.1) is 6.92 Å². The van der Waals surface area contributed by atoms with Crippen molar-refractivity contribution in [1.29, 1.82) is 0 Å². The number of benzene rings is 2. The lowest BCUT2D eigenvalue weighted by atomic mass is 10.1. The molecule has 4 aromatic rings. The Morgan fingerprint density at radius 2 is 2.00 bits per heavy atom. The smallest absolute Gasteiger partial charge is 0.382 e. The minimum atomic E-state index is -4.48. The van der Waals surface area contributed by atoms with E-state index in [0.29, 0.717) is 5.82 Å². The van der Waals surface area contributed by atoms with Crippen LogP contribution in [0.4, 0.5) is 24.7 Å². The maximum Gasteiger partial charge on any atom is 0.416 e. The predicted molar refractivity (Wildman–Crippen MR) is 107 cm³/mol. The number of carbonyl (C=O) groups excluding carboxylic acids is 1. The molecule has 0 atom stereocenters. The average Bonchev–Trinajstić information content (AvgIpc) is 3.29. The van der Waals surface area contributed by atoms with Gasteiger partial charge in [0.25, 0.3) is 0 Å². The number of aromatic amines is 1. The fourth-order valence-electron chi connectivity index (χ4n) is 3.17. The number of halogens is 3. The summed E-state index contributed by atoms with van der Waals surface area (Å²) in [6.45, 7) is 1.23. The van der Waals surface area contributed by atoms with E-state index >= 15 is 0 Å². The molecule has 4 N–H and O–H groups in total. The van der Waals surface area contributed by atoms with Crippen LogP contribution < -0.4 is 11.1 Å². The summed E-state index contributed by atoms with van der Waals surface area (Å²) in [4.78, 5) is 12.3. The Kier molecular flexibility index (Phi) is 4.69. The Bertz CT molecular complexity index is 1240. The van der Waals surface area contributed by atoms with Crippen molar-refractivity contribution in [3.8, 4) is 11.1 Å². The number of hydrogen-bond donors (Lipinski definition) is 3. The van der Waals surface area contributed by atoms with Crippen LogP contribution in [0.2, 0.25) is 0 Å². The molecule has 0 aliphatic carbocycles. The van der Waals surface area contributed by atoms with E-state index in [0.717, 1.165) is 28.1 Å². The lowest BCUT2D eigenvalue weighted by Gasteiger charge is -2.12. The van der Waals surface area contributed by atoms with Crippen molar-refractivity contribution >= 4 is 28.3 Å². The number of fused-ring (bicyclic) bond motifs is 1. The highest BCUT2D eigenvalue weighted by Crippen LogP contribution is 2.33. The molecule has 0 aliphatic heterocycles. The number of aromatic nitrogens is 4. The van der Waals surface area contributed by atoms with Gasteiger partial charge in [0.15, 0.2) is 5.82 Å². The Hall–Kier alpha value is -3.82. The number of nitrogens with one attached hydrogen (secondary N) is 2. The first-order chi connectivity index (χ1) is 14.2. The molecule has 7 nitrogen and oxygen atoms in total. The second kappa shape index (κ2) is 7.21. The molecule has 0 saturated carbocycles. The van der Waals surface area contributed by atoms with Gasteiger partial charge >= 0.3 is 6.18 Å². The number of aryl methyl sites for hydroxylation is 1. The summed E-state index contributed by atoms with van der Waals surface area (Å²) in [5.74, 6) is -0.0767. The van der Waals surface area contributed by atoms with Crippen LogP contribution in [0.1, 0.15) is 11.1 Å². The average molecular weight is 414 g/mol. The fourth-order valence-corrected chi connectivity index (χ4v) is 3.17. The van der Waals surface area contributed by atoms with Gasteiger partial charge in [-0.25, -0.2) is 0 Å². The molecule has 0 fully saturated rings. The number of alkyl halides is 3. The minimum Gasteiger partial charge on any atom is -0.382 e. The van der Waals surface area contributed by atoms with E-state index in [-0.39, 0.29) is 17.8 Å². The maximum atomic E-state index is 13.0. The summed E-state index contributed by atoms with van der Waals surface area (Å²) < 4.78 is 40.5. The minimum absolute atomic E-state index is 0.0765. The summed E-state index contributed by atoms with van der Waals surface area (Å²) in [7, 11) is 0. The van der Waals surface area contributed by atoms with E-state index in [1.807, 2.05) is 18.2 Å². The van der Waals surface area contributed by atoms with E-state index < -0.39 is 17.6 Å². The second-order valence-electron chi connectivity index (χ2n) is 6.87. The van der Waals surface area contributed by atoms with Crippen LogP contribution in [0.3, 0.4) is 0 Å². The number of nitrogen functional groups attached to an aromatic ring is 1. The second-order valence-corrected chi connectivity index (χ2v) is 6.87. The molecule has 1 amide bonds. The summed E-state index contributed by atoms with van der Waals surface area (Å²) in [6, 6.07) is 9.24. The molecule has 0 aliphatic rings. The first kappa shape index (κ1) is 19.5. The van der Waals surface area contributed by atoms with Gasteiger partial charge in [0.1, 0.15) is 6.54 Å². The van der Waals surface area contributed by atoms with Crippen molar-refractivity contribution in [3.05, 3.63) is 59.9 Å². The van der Waals surface area contributed by atoms with Crippen molar-refractivity contribution in [2.75, 3.05) is 11.1 Å². The van der Waals surface area contributed by atoms with Crippen molar-refractivity contribution < 1.29 is 18.0 Å². The van der Waals surface area contributed by atoms with Gasteiger partial charge in [-0.1, -0.05) is 12.1 Å². The van der Waals surface area contributed by atoms with Gasteiger partial charge in [-0.15, -0.1) is 0 Å².